The topological polar surface area (TPSA) is 33.3 Å². The van der Waals surface area contributed by atoms with E-state index < -0.39 is 6.04 Å². The Bertz CT molecular complexity index is 3980. The predicted octanol–water partition coefficient (Wildman–Crippen LogP) is 16.9. The zero-order valence-electron chi connectivity index (χ0n) is 46.9. The van der Waals surface area contributed by atoms with E-state index >= 15 is 0 Å². The van der Waals surface area contributed by atoms with Crippen LogP contribution in [0.25, 0.3) is 61.0 Å². The molecule has 3 aliphatic rings. The van der Waals surface area contributed by atoms with Crippen molar-refractivity contribution in [1.82, 2.24) is 9.55 Å². The summed E-state index contributed by atoms with van der Waals surface area (Å²) in [5.74, 6) is 1.95. The van der Waals surface area contributed by atoms with Gasteiger partial charge in [-0.25, -0.2) is 4.98 Å². The van der Waals surface area contributed by atoms with Crippen molar-refractivity contribution in [2.24, 2.45) is 0 Å². The SMILES string of the molecule is [2H]c1c([2H])c([2H])c(-c2cccc3c2[N+]2=[C-]N(c4cccc(Oc5ccc6c7ccccc7n(-c7cc(C(C)(C)C)ccn7)c6c5)c4)C4=CC=CC(c5ccccc5-c5c-3cc(C(C)(C)C)cc5C(C)(C)C)C42)c([2H])c1[2H]. The van der Waals surface area contributed by atoms with Crippen LogP contribution >= 0.6 is 0 Å². The molecule has 7 aromatic carbocycles. The summed E-state index contributed by atoms with van der Waals surface area (Å²) >= 11 is 0. The first-order valence-electron chi connectivity index (χ1n) is 27.2. The van der Waals surface area contributed by atoms with Crippen LogP contribution in [-0.4, -0.2) is 26.5 Å². The van der Waals surface area contributed by atoms with Crippen molar-refractivity contribution in [3.63, 3.8) is 0 Å². The lowest BCUT2D eigenvalue weighted by molar-refractivity contribution is -0.464. The first-order chi connectivity index (χ1) is 36.2. The van der Waals surface area contributed by atoms with Crippen molar-refractivity contribution in [3.8, 4) is 50.7 Å². The zero-order chi connectivity index (χ0) is 53.3. The highest BCUT2D eigenvalue weighted by molar-refractivity contribution is 6.09. The van der Waals surface area contributed by atoms with Crippen LogP contribution in [0.2, 0.25) is 0 Å². The smallest absolute Gasteiger partial charge is 0.245 e. The molecular formula is C66H60N4O. The highest BCUT2D eigenvalue weighted by Crippen LogP contribution is 2.54. The van der Waals surface area contributed by atoms with Gasteiger partial charge in [0.15, 0.2) is 0 Å². The number of aromatic nitrogens is 2. The molecule has 12 rings (SSSR count). The van der Waals surface area contributed by atoms with E-state index in [1.54, 1.807) is 0 Å². The van der Waals surface area contributed by atoms with Gasteiger partial charge in [-0.3, -0.25) is 4.57 Å². The largest absolute Gasteiger partial charge is 0.458 e. The first kappa shape index (κ1) is 39.0. The molecule has 2 aromatic heterocycles. The average molecular weight is 930 g/mol. The lowest BCUT2D eigenvalue weighted by Gasteiger charge is -2.32. The maximum atomic E-state index is 9.42. The number of fused-ring (bicyclic) bond motifs is 10. The number of pyridine rings is 1. The van der Waals surface area contributed by atoms with Crippen molar-refractivity contribution < 1.29 is 16.2 Å². The quantitative estimate of drug-likeness (QED) is 0.127. The fourth-order valence-corrected chi connectivity index (χ4v) is 10.9. The van der Waals surface area contributed by atoms with E-state index in [2.05, 4.69) is 198 Å². The molecular weight excluding hydrogens is 865 g/mol. The number of nitrogens with zero attached hydrogens (tertiary/aromatic N) is 4. The van der Waals surface area contributed by atoms with E-state index in [1.807, 2.05) is 42.6 Å². The van der Waals surface area contributed by atoms with E-state index in [1.165, 1.54) is 16.7 Å². The molecule has 2 atom stereocenters. The minimum absolute atomic E-state index is 0.0599. The molecule has 71 heavy (non-hydrogen) atoms. The van der Waals surface area contributed by atoms with E-state index in [4.69, 9.17) is 13.8 Å². The summed E-state index contributed by atoms with van der Waals surface area (Å²) in [4.78, 5) is 7.00. The minimum Gasteiger partial charge on any atom is -0.458 e. The second-order valence-corrected chi connectivity index (χ2v) is 22.3. The van der Waals surface area contributed by atoms with Gasteiger partial charge in [-0.15, -0.1) is 0 Å². The minimum atomic E-state index is -0.430. The summed E-state index contributed by atoms with van der Waals surface area (Å²) in [5.41, 5.74) is 13.5. The van der Waals surface area contributed by atoms with E-state index in [0.29, 0.717) is 22.7 Å². The molecule has 9 aromatic rings. The Balaban J connectivity index is 1.07. The first-order valence-corrected chi connectivity index (χ1v) is 24.7. The van der Waals surface area contributed by atoms with Crippen LogP contribution in [0.5, 0.6) is 11.5 Å². The predicted molar refractivity (Wildman–Crippen MR) is 295 cm³/mol. The third-order valence-electron chi connectivity index (χ3n) is 14.5. The Kier molecular flexibility index (Phi) is 9.02. The Morgan fingerprint density at radius 1 is 0.620 bits per heavy atom. The number of allylic oxidation sites excluding steroid dienone is 2. The number of ether oxygens (including phenoxy) is 1. The molecule has 2 aliphatic heterocycles. The maximum Gasteiger partial charge on any atom is 0.245 e. The molecule has 0 bridgehead atoms. The lowest BCUT2D eigenvalue weighted by atomic mass is 9.72. The molecule has 0 fully saturated rings. The molecule has 5 nitrogen and oxygen atoms in total. The molecule has 0 saturated carbocycles. The van der Waals surface area contributed by atoms with Gasteiger partial charge >= 0.3 is 0 Å². The van der Waals surface area contributed by atoms with Gasteiger partial charge in [0.05, 0.1) is 35.0 Å². The van der Waals surface area contributed by atoms with Crippen LogP contribution in [0.1, 0.15) is 97.3 Å². The molecule has 0 spiro atoms. The monoisotopic (exact) mass is 930 g/mol. The van der Waals surface area contributed by atoms with E-state index in [9.17, 15) is 2.74 Å². The Morgan fingerprint density at radius 3 is 2.14 bits per heavy atom. The average Bonchev–Trinajstić information content (AvgIpc) is 3.95. The Morgan fingerprint density at radius 2 is 1.34 bits per heavy atom. The van der Waals surface area contributed by atoms with Crippen LogP contribution in [-0.2, 0) is 16.2 Å². The number of rotatable bonds is 5. The summed E-state index contributed by atoms with van der Waals surface area (Å²) in [6.07, 6.45) is 12.3. The second-order valence-electron chi connectivity index (χ2n) is 22.3. The number of hydrogen-bond acceptors (Lipinski definition) is 3. The highest BCUT2D eigenvalue weighted by atomic mass is 16.5. The van der Waals surface area contributed by atoms with Crippen molar-refractivity contribution in [2.75, 3.05) is 4.90 Å². The van der Waals surface area contributed by atoms with Crippen molar-refractivity contribution >= 4 is 39.5 Å². The standard InChI is InChI=1S/C66H60N4O/c1-64(2,3)43-34-35-67-60(38-43)70-57-30-16-15-25-50(57)51-33-32-47(40-59(51)70)71-46-23-17-22-45(39-46)68-41-69-62-48(42-20-11-10-12-21-42)27-18-28-54(62)55-36-44(65(4,5)6)37-56(66(7,8)9)61(55)52-26-14-13-24-49(52)53-29-19-31-58(68)63(53)69/h10-40,53,63H,1-9H3/i10D,11D,12D,20D,21D. The van der Waals surface area contributed by atoms with Crippen molar-refractivity contribution in [2.45, 2.75) is 90.5 Å². The number of hydrogen-bond donors (Lipinski definition) is 0. The molecule has 0 radical (unpaired) electrons. The van der Waals surface area contributed by atoms with Gasteiger partial charge in [0, 0.05) is 29.0 Å². The van der Waals surface area contributed by atoms with Crippen LogP contribution in [0.4, 0.5) is 11.4 Å². The van der Waals surface area contributed by atoms with Gasteiger partial charge in [0.1, 0.15) is 23.4 Å². The van der Waals surface area contributed by atoms with Crippen LogP contribution in [0, 0.1) is 0 Å². The molecule has 5 heteroatoms. The molecule has 2 unspecified atom stereocenters. The number of benzene rings is 7. The van der Waals surface area contributed by atoms with E-state index in [-0.39, 0.29) is 57.9 Å². The molecule has 0 N–H and O–H groups in total. The van der Waals surface area contributed by atoms with Gasteiger partial charge < -0.3 is 14.2 Å². The van der Waals surface area contributed by atoms with Crippen LogP contribution in [0.3, 0.4) is 0 Å². The Hall–Kier alpha value is -7.76. The molecule has 1 aliphatic carbocycles. The third-order valence-corrected chi connectivity index (χ3v) is 14.5. The highest BCUT2D eigenvalue weighted by Gasteiger charge is 2.43. The molecule has 4 heterocycles. The van der Waals surface area contributed by atoms with Gasteiger partial charge in [0.2, 0.25) is 6.34 Å². The number of para-hydroxylation sites is 2. The Labute approximate surface area is 425 Å². The van der Waals surface area contributed by atoms with Gasteiger partial charge in [-0.2, -0.15) is 0 Å². The van der Waals surface area contributed by atoms with Crippen molar-refractivity contribution in [3.05, 3.63) is 216 Å². The summed E-state index contributed by atoms with van der Waals surface area (Å²) in [7, 11) is 0. The molecule has 0 amide bonds. The van der Waals surface area contributed by atoms with Gasteiger partial charge in [0.25, 0.3) is 0 Å². The van der Waals surface area contributed by atoms with Gasteiger partial charge in [-0.05, 0) is 114 Å². The summed E-state index contributed by atoms with van der Waals surface area (Å²) in [6.45, 7) is 20.2. The maximum absolute atomic E-state index is 9.42. The van der Waals surface area contributed by atoms with Gasteiger partial charge in [-0.1, -0.05) is 196 Å². The summed E-state index contributed by atoms with van der Waals surface area (Å²) in [5, 5.41) is 2.23. The zero-order valence-corrected chi connectivity index (χ0v) is 41.9. The fraction of sp³-hybridized carbons (Fsp3) is 0.212. The second kappa shape index (κ2) is 16.4. The van der Waals surface area contributed by atoms with Crippen LogP contribution in [0.15, 0.2) is 194 Å². The number of anilines is 1. The third kappa shape index (κ3) is 7.53. The summed E-state index contributed by atoms with van der Waals surface area (Å²) in [6, 6.07) is 44.4. The normalized spacial score (nSPS) is 17.3. The summed E-state index contributed by atoms with van der Waals surface area (Å²) < 4.78 is 56.5. The fourth-order valence-electron chi connectivity index (χ4n) is 10.9. The van der Waals surface area contributed by atoms with Crippen LogP contribution < -0.4 is 9.64 Å². The molecule has 0 saturated heterocycles. The van der Waals surface area contributed by atoms with E-state index in [0.717, 1.165) is 66.8 Å². The van der Waals surface area contributed by atoms with Crippen molar-refractivity contribution in [1.29, 1.82) is 0 Å². The molecule has 350 valence electrons. The lowest BCUT2D eigenvalue weighted by Crippen LogP contribution is -2.30.